The predicted octanol–water partition coefficient (Wildman–Crippen LogP) is 4.15. The van der Waals surface area contributed by atoms with Gasteiger partial charge in [0, 0.05) is 0 Å². The molecular weight excluding hydrogens is 380 g/mol. The first-order valence-corrected chi connectivity index (χ1v) is 9.21. The Kier molecular flexibility index (Phi) is 5.90. The van der Waals surface area contributed by atoms with Crippen LogP contribution in [0.15, 0.2) is 42.1 Å². The van der Waals surface area contributed by atoms with Crippen molar-refractivity contribution in [1.82, 2.24) is 10.2 Å². The average Bonchev–Trinajstić information content (AvgIpc) is 2.91. The molecule has 3 rings (SSSR count). The molecule has 1 saturated heterocycles. The minimum absolute atomic E-state index is 0.180. The molecule has 0 atom stereocenters. The SMILES string of the molecule is CCOc1c(Cl)cc(/C=C2/NC(=O)N(Cc3cccc(C)c3)C2=O)cc1OC. The normalized spacial score (nSPS) is 15.1. The number of urea groups is 1. The number of carbonyl (C=O) groups is 2. The first-order chi connectivity index (χ1) is 13.4. The van der Waals surface area contributed by atoms with Crippen molar-refractivity contribution in [3.8, 4) is 11.5 Å². The van der Waals surface area contributed by atoms with Crippen LogP contribution in [0.5, 0.6) is 11.5 Å². The van der Waals surface area contributed by atoms with Gasteiger partial charge >= 0.3 is 6.03 Å². The number of carbonyl (C=O) groups excluding carboxylic acids is 2. The average molecular weight is 401 g/mol. The van der Waals surface area contributed by atoms with Crippen molar-refractivity contribution in [2.24, 2.45) is 0 Å². The fourth-order valence-electron chi connectivity index (χ4n) is 2.98. The molecule has 0 saturated carbocycles. The van der Waals surface area contributed by atoms with Crippen molar-refractivity contribution < 1.29 is 19.1 Å². The molecule has 3 amide bonds. The van der Waals surface area contributed by atoms with Gasteiger partial charge in [-0.15, -0.1) is 0 Å². The number of methoxy groups -OCH3 is 1. The van der Waals surface area contributed by atoms with Crippen LogP contribution in [-0.4, -0.2) is 30.6 Å². The molecule has 1 N–H and O–H groups in total. The quantitative estimate of drug-likeness (QED) is 0.584. The summed E-state index contributed by atoms with van der Waals surface area (Å²) in [6.07, 6.45) is 1.57. The van der Waals surface area contributed by atoms with Gasteiger partial charge in [0.2, 0.25) is 0 Å². The van der Waals surface area contributed by atoms with E-state index in [0.29, 0.717) is 28.7 Å². The van der Waals surface area contributed by atoms with Gasteiger partial charge in [0.25, 0.3) is 5.91 Å². The van der Waals surface area contributed by atoms with Gasteiger partial charge in [-0.1, -0.05) is 41.4 Å². The van der Waals surface area contributed by atoms with E-state index in [0.717, 1.165) is 11.1 Å². The van der Waals surface area contributed by atoms with Gasteiger partial charge in [0.05, 0.1) is 25.3 Å². The van der Waals surface area contributed by atoms with Crippen molar-refractivity contribution >= 4 is 29.6 Å². The third-order valence-corrected chi connectivity index (χ3v) is 4.52. The minimum Gasteiger partial charge on any atom is -0.493 e. The summed E-state index contributed by atoms with van der Waals surface area (Å²) in [6, 6.07) is 10.6. The first-order valence-electron chi connectivity index (χ1n) is 8.83. The highest BCUT2D eigenvalue weighted by molar-refractivity contribution is 6.32. The van der Waals surface area contributed by atoms with E-state index in [1.807, 2.05) is 38.1 Å². The zero-order chi connectivity index (χ0) is 20.3. The number of amides is 3. The van der Waals surface area contributed by atoms with Gasteiger partial charge in [-0.2, -0.15) is 0 Å². The molecule has 7 heteroatoms. The van der Waals surface area contributed by atoms with Gasteiger partial charge in [-0.3, -0.25) is 9.69 Å². The lowest BCUT2D eigenvalue weighted by atomic mass is 10.1. The molecule has 0 aliphatic carbocycles. The minimum atomic E-state index is -0.457. The molecule has 0 bridgehead atoms. The summed E-state index contributed by atoms with van der Waals surface area (Å²) in [5.74, 6) is 0.502. The fraction of sp³-hybridized carbons (Fsp3) is 0.238. The van der Waals surface area contributed by atoms with Crippen LogP contribution in [-0.2, 0) is 11.3 Å². The van der Waals surface area contributed by atoms with Crippen LogP contribution in [0.3, 0.4) is 0 Å². The molecule has 2 aromatic rings. The van der Waals surface area contributed by atoms with Crippen LogP contribution in [0.2, 0.25) is 5.02 Å². The van der Waals surface area contributed by atoms with Gasteiger partial charge in [-0.05, 0) is 43.2 Å². The number of hydrogen-bond acceptors (Lipinski definition) is 4. The molecule has 28 heavy (non-hydrogen) atoms. The topological polar surface area (TPSA) is 67.9 Å². The van der Waals surface area contributed by atoms with Gasteiger partial charge in [-0.25, -0.2) is 4.79 Å². The summed E-state index contributed by atoms with van der Waals surface area (Å²) in [5, 5.41) is 2.98. The van der Waals surface area contributed by atoms with Crippen molar-refractivity contribution in [2.75, 3.05) is 13.7 Å². The molecule has 0 spiro atoms. The fourth-order valence-corrected chi connectivity index (χ4v) is 3.26. The Labute approximate surface area is 168 Å². The summed E-state index contributed by atoms with van der Waals surface area (Å²) < 4.78 is 10.8. The smallest absolute Gasteiger partial charge is 0.329 e. The molecule has 1 heterocycles. The lowest BCUT2D eigenvalue weighted by Crippen LogP contribution is -2.30. The van der Waals surface area contributed by atoms with E-state index in [9.17, 15) is 9.59 Å². The molecule has 0 radical (unpaired) electrons. The number of ether oxygens (including phenoxy) is 2. The number of aryl methyl sites for hydroxylation is 1. The molecule has 146 valence electrons. The summed E-state index contributed by atoms with van der Waals surface area (Å²) in [4.78, 5) is 26.2. The second-order valence-corrected chi connectivity index (χ2v) is 6.74. The molecular formula is C21H21ClN2O4. The van der Waals surface area contributed by atoms with Crippen molar-refractivity contribution in [3.63, 3.8) is 0 Å². The summed E-state index contributed by atoms with van der Waals surface area (Å²) in [7, 11) is 1.51. The first kappa shape index (κ1) is 19.8. The van der Waals surface area contributed by atoms with E-state index in [4.69, 9.17) is 21.1 Å². The van der Waals surface area contributed by atoms with Crippen molar-refractivity contribution in [1.29, 1.82) is 0 Å². The van der Waals surface area contributed by atoms with Crippen molar-refractivity contribution in [3.05, 3.63) is 63.8 Å². The van der Waals surface area contributed by atoms with E-state index < -0.39 is 11.9 Å². The number of rotatable bonds is 6. The molecule has 1 aliphatic rings. The number of nitrogens with one attached hydrogen (secondary N) is 1. The molecule has 2 aromatic carbocycles. The molecule has 1 aliphatic heterocycles. The number of hydrogen-bond donors (Lipinski definition) is 1. The Hall–Kier alpha value is -2.99. The maximum Gasteiger partial charge on any atom is 0.329 e. The molecule has 0 aromatic heterocycles. The second-order valence-electron chi connectivity index (χ2n) is 6.34. The van der Waals surface area contributed by atoms with Gasteiger partial charge in [0.15, 0.2) is 11.5 Å². The van der Waals surface area contributed by atoms with Crippen LogP contribution in [0, 0.1) is 6.92 Å². The van der Waals surface area contributed by atoms with Crippen LogP contribution in [0.1, 0.15) is 23.6 Å². The van der Waals surface area contributed by atoms with Gasteiger partial charge < -0.3 is 14.8 Å². The Bertz CT molecular complexity index is 955. The van der Waals surface area contributed by atoms with E-state index >= 15 is 0 Å². The zero-order valence-corrected chi connectivity index (χ0v) is 16.7. The van der Waals surface area contributed by atoms with Crippen LogP contribution < -0.4 is 14.8 Å². The standard InChI is InChI=1S/C21H21ClN2O4/c1-4-28-19-16(22)9-15(11-18(19)27-3)10-17-20(25)24(21(26)23-17)12-14-7-5-6-13(2)8-14/h5-11H,4,12H2,1-3H3,(H,23,26)/b17-10+. The Morgan fingerprint density at radius 3 is 2.68 bits per heavy atom. The summed E-state index contributed by atoms with van der Waals surface area (Å²) >= 11 is 6.28. The monoisotopic (exact) mass is 400 g/mol. The second kappa shape index (κ2) is 8.35. The molecule has 6 nitrogen and oxygen atoms in total. The zero-order valence-electron chi connectivity index (χ0n) is 15.9. The highest BCUT2D eigenvalue weighted by Gasteiger charge is 2.33. The molecule has 1 fully saturated rings. The number of benzene rings is 2. The summed E-state index contributed by atoms with van der Waals surface area (Å²) in [6.45, 7) is 4.46. The number of imide groups is 1. The third kappa shape index (κ3) is 4.12. The highest BCUT2D eigenvalue weighted by Crippen LogP contribution is 2.37. The Balaban J connectivity index is 1.86. The predicted molar refractivity (Wildman–Crippen MR) is 107 cm³/mol. The highest BCUT2D eigenvalue weighted by atomic mass is 35.5. The Morgan fingerprint density at radius 2 is 2.00 bits per heavy atom. The van der Waals surface area contributed by atoms with E-state index in [-0.39, 0.29) is 12.2 Å². The molecule has 0 unspecified atom stereocenters. The van der Waals surface area contributed by atoms with Gasteiger partial charge in [0.1, 0.15) is 5.70 Å². The van der Waals surface area contributed by atoms with Crippen LogP contribution in [0.25, 0.3) is 6.08 Å². The lowest BCUT2D eigenvalue weighted by Gasteiger charge is -2.12. The lowest BCUT2D eigenvalue weighted by molar-refractivity contribution is -0.123. The summed E-state index contributed by atoms with van der Waals surface area (Å²) in [5.41, 5.74) is 2.75. The number of halogens is 1. The van der Waals surface area contributed by atoms with E-state index in [1.165, 1.54) is 12.0 Å². The Morgan fingerprint density at radius 1 is 1.21 bits per heavy atom. The van der Waals surface area contributed by atoms with Crippen LogP contribution in [0.4, 0.5) is 4.79 Å². The number of nitrogens with zero attached hydrogens (tertiary/aromatic N) is 1. The maximum absolute atomic E-state index is 12.7. The maximum atomic E-state index is 12.7. The van der Waals surface area contributed by atoms with Crippen LogP contribution >= 0.6 is 11.6 Å². The third-order valence-electron chi connectivity index (χ3n) is 4.24. The van der Waals surface area contributed by atoms with E-state index in [2.05, 4.69) is 5.32 Å². The van der Waals surface area contributed by atoms with Crippen molar-refractivity contribution in [2.45, 2.75) is 20.4 Å². The van der Waals surface area contributed by atoms with E-state index in [1.54, 1.807) is 18.2 Å². The largest absolute Gasteiger partial charge is 0.493 e.